The summed E-state index contributed by atoms with van der Waals surface area (Å²) < 4.78 is 13.3. The van der Waals surface area contributed by atoms with Gasteiger partial charge in [-0.3, -0.25) is 11.3 Å². The van der Waals surface area contributed by atoms with Gasteiger partial charge in [0.15, 0.2) is 0 Å². The van der Waals surface area contributed by atoms with Gasteiger partial charge in [0.2, 0.25) is 0 Å². The fourth-order valence-corrected chi connectivity index (χ4v) is 2.22. The van der Waals surface area contributed by atoms with Gasteiger partial charge in [-0.25, -0.2) is 4.39 Å². The highest BCUT2D eigenvalue weighted by molar-refractivity contribution is 6.30. The van der Waals surface area contributed by atoms with Crippen LogP contribution in [0.15, 0.2) is 42.5 Å². The maximum absolute atomic E-state index is 13.3. The smallest absolute Gasteiger partial charge is 0.123 e. The molecule has 0 spiro atoms. The first-order chi connectivity index (χ1) is 9.10. The van der Waals surface area contributed by atoms with Gasteiger partial charge in [-0.15, -0.1) is 0 Å². The lowest BCUT2D eigenvalue weighted by atomic mass is 9.98. The fourth-order valence-electron chi connectivity index (χ4n) is 2.01. The molecular weight excluding hydrogens is 265 g/mol. The number of hydrazine groups is 1. The second-order valence-electron chi connectivity index (χ2n) is 4.33. The number of halogens is 2. The van der Waals surface area contributed by atoms with Crippen LogP contribution in [0.3, 0.4) is 0 Å². The van der Waals surface area contributed by atoms with Gasteiger partial charge < -0.3 is 5.73 Å². The van der Waals surface area contributed by atoms with Crippen molar-refractivity contribution in [1.82, 2.24) is 5.43 Å². The van der Waals surface area contributed by atoms with Crippen molar-refractivity contribution in [2.45, 2.75) is 12.5 Å². The first-order valence-electron chi connectivity index (χ1n) is 5.85. The minimum absolute atomic E-state index is 0.269. The summed E-state index contributed by atoms with van der Waals surface area (Å²) in [7, 11) is 0. The first kappa shape index (κ1) is 13.8. The molecule has 0 aromatic heterocycles. The molecule has 0 amide bonds. The van der Waals surface area contributed by atoms with E-state index in [-0.39, 0.29) is 11.9 Å². The molecule has 0 saturated carbocycles. The maximum atomic E-state index is 13.3. The number of hydrogen-bond acceptors (Lipinski definition) is 3. The molecule has 0 saturated heterocycles. The van der Waals surface area contributed by atoms with E-state index in [1.54, 1.807) is 6.07 Å². The monoisotopic (exact) mass is 279 g/mol. The third-order valence-corrected chi connectivity index (χ3v) is 3.19. The van der Waals surface area contributed by atoms with Crippen molar-refractivity contribution < 1.29 is 4.39 Å². The maximum Gasteiger partial charge on any atom is 0.123 e. The number of anilines is 1. The third-order valence-electron chi connectivity index (χ3n) is 2.95. The van der Waals surface area contributed by atoms with Crippen molar-refractivity contribution in [3.05, 3.63) is 64.4 Å². The average Bonchev–Trinajstić information content (AvgIpc) is 2.39. The van der Waals surface area contributed by atoms with E-state index >= 15 is 0 Å². The Morgan fingerprint density at radius 1 is 1.21 bits per heavy atom. The van der Waals surface area contributed by atoms with Gasteiger partial charge in [0.1, 0.15) is 5.82 Å². The molecule has 0 aliphatic heterocycles. The minimum Gasteiger partial charge on any atom is -0.398 e. The quantitative estimate of drug-likeness (QED) is 0.458. The number of rotatable bonds is 4. The van der Waals surface area contributed by atoms with Crippen LogP contribution in [-0.4, -0.2) is 0 Å². The Labute approximate surface area is 116 Å². The molecule has 0 fully saturated rings. The fraction of sp³-hybridized carbons (Fsp3) is 0.143. The lowest BCUT2D eigenvalue weighted by Crippen LogP contribution is -2.30. The molecule has 0 aliphatic rings. The van der Waals surface area contributed by atoms with Crippen molar-refractivity contribution in [3.8, 4) is 0 Å². The number of nitrogens with one attached hydrogen (secondary N) is 1. The van der Waals surface area contributed by atoms with E-state index in [2.05, 4.69) is 5.43 Å². The average molecular weight is 280 g/mol. The van der Waals surface area contributed by atoms with E-state index in [1.165, 1.54) is 18.2 Å². The molecule has 5 N–H and O–H groups in total. The summed E-state index contributed by atoms with van der Waals surface area (Å²) >= 11 is 5.94. The van der Waals surface area contributed by atoms with Gasteiger partial charge in [-0.05, 0) is 47.9 Å². The Morgan fingerprint density at radius 3 is 2.68 bits per heavy atom. The zero-order valence-corrected chi connectivity index (χ0v) is 11.0. The lowest BCUT2D eigenvalue weighted by molar-refractivity contribution is 0.546. The third kappa shape index (κ3) is 3.44. The molecule has 19 heavy (non-hydrogen) atoms. The van der Waals surface area contributed by atoms with Gasteiger partial charge in [0.05, 0.1) is 6.04 Å². The Bertz CT molecular complexity index is 574. The van der Waals surface area contributed by atoms with Crippen LogP contribution < -0.4 is 17.0 Å². The standard InChI is InChI=1S/C14H15ClFN3/c15-10-3-1-2-9(6-10)7-14(19-18)12-8-11(16)4-5-13(12)17/h1-6,8,14,19H,7,17-18H2. The van der Waals surface area contributed by atoms with E-state index in [4.69, 9.17) is 23.2 Å². The van der Waals surface area contributed by atoms with Gasteiger partial charge in [-0.2, -0.15) is 0 Å². The number of hydrogen-bond donors (Lipinski definition) is 3. The molecule has 0 radical (unpaired) electrons. The zero-order valence-electron chi connectivity index (χ0n) is 10.2. The normalized spacial score (nSPS) is 12.4. The number of benzene rings is 2. The van der Waals surface area contributed by atoms with E-state index in [0.717, 1.165) is 5.56 Å². The Hall–Kier alpha value is -1.62. The molecule has 2 aromatic carbocycles. The molecule has 2 rings (SSSR count). The van der Waals surface area contributed by atoms with Crippen LogP contribution in [0.25, 0.3) is 0 Å². The van der Waals surface area contributed by atoms with Crippen LogP contribution in [0, 0.1) is 5.82 Å². The molecule has 1 atom stereocenters. The molecule has 5 heteroatoms. The summed E-state index contributed by atoms with van der Waals surface area (Å²) in [4.78, 5) is 0. The van der Waals surface area contributed by atoms with Crippen LogP contribution in [0.2, 0.25) is 5.02 Å². The van der Waals surface area contributed by atoms with Crippen LogP contribution in [0.1, 0.15) is 17.2 Å². The predicted octanol–water partition coefficient (Wildman–Crippen LogP) is 2.81. The van der Waals surface area contributed by atoms with Crippen molar-refractivity contribution >= 4 is 17.3 Å². The molecule has 1 unspecified atom stereocenters. The predicted molar refractivity (Wildman–Crippen MR) is 76.0 cm³/mol. The van der Waals surface area contributed by atoms with E-state index in [1.807, 2.05) is 18.2 Å². The largest absolute Gasteiger partial charge is 0.398 e. The highest BCUT2D eigenvalue weighted by Crippen LogP contribution is 2.25. The summed E-state index contributed by atoms with van der Waals surface area (Å²) in [6.07, 6.45) is 0.574. The minimum atomic E-state index is -0.337. The lowest BCUT2D eigenvalue weighted by Gasteiger charge is -2.18. The highest BCUT2D eigenvalue weighted by Gasteiger charge is 2.14. The second-order valence-corrected chi connectivity index (χ2v) is 4.76. The van der Waals surface area contributed by atoms with Crippen molar-refractivity contribution in [1.29, 1.82) is 0 Å². The first-order valence-corrected chi connectivity index (χ1v) is 6.23. The molecule has 0 aliphatic carbocycles. The van der Waals surface area contributed by atoms with Gasteiger partial charge in [-0.1, -0.05) is 23.7 Å². The molecule has 3 nitrogen and oxygen atoms in total. The topological polar surface area (TPSA) is 64.1 Å². The molecule has 2 aromatic rings. The molecular formula is C14H15ClFN3. The van der Waals surface area contributed by atoms with E-state index < -0.39 is 0 Å². The van der Waals surface area contributed by atoms with Crippen LogP contribution in [-0.2, 0) is 6.42 Å². The van der Waals surface area contributed by atoms with Gasteiger partial charge in [0, 0.05) is 10.7 Å². The van der Waals surface area contributed by atoms with Crippen molar-refractivity contribution in [2.75, 3.05) is 5.73 Å². The van der Waals surface area contributed by atoms with Crippen LogP contribution in [0.5, 0.6) is 0 Å². The van der Waals surface area contributed by atoms with Crippen LogP contribution >= 0.6 is 11.6 Å². The Morgan fingerprint density at radius 2 is 2.00 bits per heavy atom. The van der Waals surface area contributed by atoms with Gasteiger partial charge >= 0.3 is 0 Å². The summed E-state index contributed by atoms with van der Waals surface area (Å²) in [6, 6.07) is 11.4. The molecule has 0 bridgehead atoms. The van der Waals surface area contributed by atoms with Gasteiger partial charge in [0.25, 0.3) is 0 Å². The number of nitrogen functional groups attached to an aromatic ring is 1. The van der Waals surface area contributed by atoms with E-state index in [0.29, 0.717) is 22.7 Å². The molecule has 100 valence electrons. The SMILES string of the molecule is NNC(Cc1cccc(Cl)c1)c1cc(F)ccc1N. The zero-order chi connectivity index (χ0) is 13.8. The second kappa shape index (κ2) is 6.02. The summed E-state index contributed by atoms with van der Waals surface area (Å²) in [6.45, 7) is 0. The Balaban J connectivity index is 2.27. The summed E-state index contributed by atoms with van der Waals surface area (Å²) in [5.74, 6) is 5.21. The van der Waals surface area contributed by atoms with E-state index in [9.17, 15) is 4.39 Å². The van der Waals surface area contributed by atoms with Crippen molar-refractivity contribution in [3.63, 3.8) is 0 Å². The number of nitrogens with two attached hydrogens (primary N) is 2. The molecule has 0 heterocycles. The van der Waals surface area contributed by atoms with Crippen molar-refractivity contribution in [2.24, 2.45) is 5.84 Å². The van der Waals surface area contributed by atoms with Crippen LogP contribution in [0.4, 0.5) is 10.1 Å². The summed E-state index contributed by atoms with van der Waals surface area (Å²) in [5, 5.41) is 0.653. The highest BCUT2D eigenvalue weighted by atomic mass is 35.5. The summed E-state index contributed by atoms with van der Waals surface area (Å²) in [5.41, 5.74) is 10.7. The Kier molecular flexibility index (Phi) is 4.37.